The van der Waals surface area contributed by atoms with E-state index in [9.17, 15) is 23.2 Å². The molecule has 0 spiro atoms. The van der Waals surface area contributed by atoms with Gasteiger partial charge in [0.05, 0.1) is 17.8 Å². The number of hydrogen-bond donors (Lipinski definition) is 0. The van der Waals surface area contributed by atoms with Crippen LogP contribution in [0.5, 0.6) is 0 Å². The molecule has 0 atom stereocenters. The number of rotatable bonds is 7. The molecule has 2 aromatic carbocycles. The van der Waals surface area contributed by atoms with E-state index in [0.29, 0.717) is 12.1 Å². The second-order valence-corrected chi connectivity index (χ2v) is 7.47. The molecule has 1 heterocycles. The Morgan fingerprint density at radius 1 is 0.969 bits per heavy atom. The molecular weight excluding hydrogens is 415 g/mol. The maximum absolute atomic E-state index is 13.7. The quantitative estimate of drug-likeness (QED) is 0.502. The molecule has 0 aliphatic heterocycles. The van der Waals surface area contributed by atoms with Gasteiger partial charge in [0.1, 0.15) is 11.6 Å². The Hall–Kier alpha value is -3.37. The van der Waals surface area contributed by atoms with Crippen LogP contribution in [0.25, 0.3) is 11.3 Å². The number of pyridine rings is 1. The predicted octanol–water partition coefficient (Wildman–Crippen LogP) is 5.30. The number of halogens is 3. The number of benzene rings is 2. The lowest BCUT2D eigenvalue weighted by atomic mass is 10.0. The number of hydrogen-bond acceptors (Lipinski definition) is 3. The lowest BCUT2D eigenvalue weighted by Crippen LogP contribution is -2.28. The normalized spacial score (nSPS) is 11.5. The molecule has 3 aromatic rings. The molecule has 0 bridgehead atoms. The second-order valence-electron chi connectivity index (χ2n) is 7.47. The third-order valence-electron chi connectivity index (χ3n) is 5.42. The van der Waals surface area contributed by atoms with Gasteiger partial charge in [-0.2, -0.15) is 18.4 Å². The predicted molar refractivity (Wildman–Crippen MR) is 118 cm³/mol. The third kappa shape index (κ3) is 5.09. The Balaban J connectivity index is 2.22. The average molecular weight is 439 g/mol. The van der Waals surface area contributed by atoms with Gasteiger partial charge in [0.15, 0.2) is 0 Å². The maximum Gasteiger partial charge on any atom is 0.417 e. The fraction of sp³-hybridized carbons (Fsp3) is 0.280. The summed E-state index contributed by atoms with van der Waals surface area (Å²) in [5, 5.41) is 9.34. The Bertz CT molecular complexity index is 1170. The van der Waals surface area contributed by atoms with E-state index in [0.717, 1.165) is 30.3 Å². The first-order chi connectivity index (χ1) is 15.3. The molecule has 4 nitrogen and oxygen atoms in total. The first kappa shape index (κ1) is 23.3. The number of aromatic nitrogens is 1. The van der Waals surface area contributed by atoms with E-state index in [-0.39, 0.29) is 12.2 Å². The Kier molecular flexibility index (Phi) is 7.16. The molecule has 0 radical (unpaired) electrons. The van der Waals surface area contributed by atoms with E-state index in [1.807, 2.05) is 26.0 Å². The highest BCUT2D eigenvalue weighted by molar-refractivity contribution is 5.63. The van der Waals surface area contributed by atoms with E-state index < -0.39 is 22.9 Å². The topological polar surface area (TPSA) is 49.0 Å². The molecule has 1 aromatic heterocycles. The largest absolute Gasteiger partial charge is 0.417 e. The van der Waals surface area contributed by atoms with Crippen LogP contribution in [0.3, 0.4) is 0 Å². The zero-order chi connectivity index (χ0) is 23.3. The van der Waals surface area contributed by atoms with Crippen molar-refractivity contribution in [1.29, 1.82) is 5.26 Å². The summed E-state index contributed by atoms with van der Waals surface area (Å²) in [6.07, 6.45) is -4.82. The summed E-state index contributed by atoms with van der Waals surface area (Å²) in [7, 11) is 0. The van der Waals surface area contributed by atoms with E-state index in [2.05, 4.69) is 4.90 Å². The minimum absolute atomic E-state index is 0.0576. The molecule has 0 N–H and O–H groups in total. The highest BCUT2D eigenvalue weighted by Gasteiger charge is 2.36. The summed E-state index contributed by atoms with van der Waals surface area (Å²) in [5.74, 6) is 0. The molecule has 0 aliphatic rings. The lowest BCUT2D eigenvalue weighted by Gasteiger charge is -2.20. The first-order valence-corrected chi connectivity index (χ1v) is 10.4. The van der Waals surface area contributed by atoms with Gasteiger partial charge in [-0.1, -0.05) is 62.4 Å². The van der Waals surface area contributed by atoms with E-state index >= 15 is 0 Å². The molecular formula is C25H24F3N3O. The van der Waals surface area contributed by atoms with Crippen molar-refractivity contribution in [1.82, 2.24) is 9.47 Å². The first-order valence-electron chi connectivity index (χ1n) is 10.4. The fourth-order valence-corrected chi connectivity index (χ4v) is 3.67. The smallest absolute Gasteiger partial charge is 0.303 e. The van der Waals surface area contributed by atoms with Crippen molar-refractivity contribution < 1.29 is 13.2 Å². The van der Waals surface area contributed by atoms with Crippen molar-refractivity contribution in [3.05, 3.63) is 93.3 Å². The van der Waals surface area contributed by atoms with Crippen LogP contribution in [0, 0.1) is 11.3 Å². The second kappa shape index (κ2) is 9.84. The van der Waals surface area contributed by atoms with Gasteiger partial charge in [0.25, 0.3) is 5.56 Å². The molecule has 0 unspecified atom stereocenters. The van der Waals surface area contributed by atoms with E-state index in [4.69, 9.17) is 0 Å². The van der Waals surface area contributed by atoms with Gasteiger partial charge in [0.2, 0.25) is 0 Å². The van der Waals surface area contributed by atoms with Gasteiger partial charge in [-0.05, 0) is 41.9 Å². The van der Waals surface area contributed by atoms with Crippen LogP contribution in [0.4, 0.5) is 13.2 Å². The molecule has 32 heavy (non-hydrogen) atoms. The molecule has 3 rings (SSSR count). The zero-order valence-corrected chi connectivity index (χ0v) is 18.0. The van der Waals surface area contributed by atoms with Crippen molar-refractivity contribution in [2.24, 2.45) is 0 Å². The van der Waals surface area contributed by atoms with Gasteiger partial charge in [-0.25, -0.2) is 0 Å². The summed E-state index contributed by atoms with van der Waals surface area (Å²) in [6.45, 7) is 6.47. The average Bonchev–Trinajstić information content (AvgIpc) is 2.78. The van der Waals surface area contributed by atoms with Crippen molar-refractivity contribution in [2.45, 2.75) is 33.1 Å². The molecule has 0 saturated heterocycles. The van der Waals surface area contributed by atoms with Gasteiger partial charge in [0, 0.05) is 6.54 Å². The van der Waals surface area contributed by atoms with Crippen LogP contribution in [0.15, 0.2) is 65.5 Å². The summed E-state index contributed by atoms with van der Waals surface area (Å²) in [6, 6.07) is 18.5. The molecule has 0 aliphatic carbocycles. The maximum atomic E-state index is 13.7. The SMILES string of the molecule is CCN(CC)Cc1cccc(-c2cc(C(F)(F)F)c(C#N)c(=O)n2Cc2ccccc2)c1. The lowest BCUT2D eigenvalue weighted by molar-refractivity contribution is -0.137. The highest BCUT2D eigenvalue weighted by atomic mass is 19.4. The Morgan fingerprint density at radius 3 is 2.22 bits per heavy atom. The molecule has 0 saturated carbocycles. The standard InChI is InChI=1S/C25H24F3N3O/c1-3-30(4-2)16-19-11-8-12-20(13-19)23-14-22(25(26,27)28)21(15-29)24(32)31(23)17-18-9-6-5-7-10-18/h5-14H,3-4,16-17H2,1-2H3. The summed E-state index contributed by atoms with van der Waals surface area (Å²) in [4.78, 5) is 15.2. The number of nitriles is 1. The van der Waals surface area contributed by atoms with Crippen molar-refractivity contribution >= 4 is 0 Å². The molecule has 166 valence electrons. The Labute approximate surface area is 185 Å². The number of nitrogens with zero attached hydrogens (tertiary/aromatic N) is 3. The number of alkyl halides is 3. The van der Waals surface area contributed by atoms with Crippen molar-refractivity contribution in [3.63, 3.8) is 0 Å². The van der Waals surface area contributed by atoms with Gasteiger partial charge >= 0.3 is 6.18 Å². The molecule has 0 fully saturated rings. The summed E-state index contributed by atoms with van der Waals surface area (Å²) >= 11 is 0. The van der Waals surface area contributed by atoms with Crippen molar-refractivity contribution in [3.8, 4) is 17.3 Å². The van der Waals surface area contributed by atoms with Crippen LogP contribution in [-0.4, -0.2) is 22.6 Å². The zero-order valence-electron chi connectivity index (χ0n) is 18.0. The monoisotopic (exact) mass is 439 g/mol. The van der Waals surface area contributed by atoms with Gasteiger partial charge < -0.3 is 4.57 Å². The van der Waals surface area contributed by atoms with E-state index in [1.54, 1.807) is 42.5 Å². The van der Waals surface area contributed by atoms with Crippen LogP contribution >= 0.6 is 0 Å². The third-order valence-corrected chi connectivity index (χ3v) is 5.42. The molecule has 7 heteroatoms. The van der Waals surface area contributed by atoms with Crippen LogP contribution in [0.1, 0.15) is 36.1 Å². The van der Waals surface area contributed by atoms with Gasteiger partial charge in [-0.3, -0.25) is 9.69 Å². The minimum Gasteiger partial charge on any atom is -0.303 e. The fourth-order valence-electron chi connectivity index (χ4n) is 3.67. The van der Waals surface area contributed by atoms with Crippen LogP contribution in [-0.2, 0) is 19.3 Å². The van der Waals surface area contributed by atoms with Crippen LogP contribution < -0.4 is 5.56 Å². The van der Waals surface area contributed by atoms with Crippen LogP contribution in [0.2, 0.25) is 0 Å². The van der Waals surface area contributed by atoms with Gasteiger partial charge in [-0.15, -0.1) is 0 Å². The Morgan fingerprint density at radius 2 is 1.62 bits per heavy atom. The molecule has 0 amide bonds. The summed E-state index contributed by atoms with van der Waals surface area (Å²) < 4.78 is 42.4. The summed E-state index contributed by atoms with van der Waals surface area (Å²) in [5.41, 5.74) is -0.740. The van der Waals surface area contributed by atoms with E-state index in [1.165, 1.54) is 10.6 Å². The minimum atomic E-state index is -4.82. The highest BCUT2D eigenvalue weighted by Crippen LogP contribution is 2.34. The van der Waals surface area contributed by atoms with Crippen molar-refractivity contribution in [2.75, 3.05) is 13.1 Å².